The second-order valence-corrected chi connectivity index (χ2v) is 7.92. The van der Waals surface area contributed by atoms with Gasteiger partial charge in [-0.25, -0.2) is 9.59 Å². The van der Waals surface area contributed by atoms with Crippen LogP contribution in [0.15, 0.2) is 58.7 Å². The number of carbonyl (C=O) groups is 3. The van der Waals surface area contributed by atoms with E-state index in [4.69, 9.17) is 36.2 Å². The van der Waals surface area contributed by atoms with Gasteiger partial charge >= 0.3 is 30.3 Å². The van der Waals surface area contributed by atoms with E-state index in [-0.39, 0.29) is 5.97 Å². The molecule has 0 aliphatic heterocycles. The fourth-order valence-corrected chi connectivity index (χ4v) is 2.89. The molecule has 42 heavy (non-hydrogen) atoms. The zero-order chi connectivity index (χ0) is 32.3. The highest BCUT2D eigenvalue weighted by molar-refractivity contribution is 5.81. The van der Waals surface area contributed by atoms with Gasteiger partial charge in [-0.2, -0.15) is 36.5 Å². The first kappa shape index (κ1) is 37.2. The lowest BCUT2D eigenvalue weighted by molar-refractivity contribution is -0.193. The summed E-state index contributed by atoms with van der Waals surface area (Å²) in [6, 6.07) is 16.1. The topological polar surface area (TPSA) is 181 Å². The van der Waals surface area contributed by atoms with Crippen LogP contribution in [0.25, 0.3) is 0 Å². The van der Waals surface area contributed by atoms with Crippen LogP contribution >= 0.6 is 0 Å². The molecule has 0 aliphatic rings. The number of carbonyl (C=O) groups excluding carboxylic acids is 1. The quantitative estimate of drug-likeness (QED) is 0.103. The maximum absolute atomic E-state index is 11.4. The van der Waals surface area contributed by atoms with Gasteiger partial charge in [0.25, 0.3) is 0 Å². The molecule has 2 aromatic carbocycles. The summed E-state index contributed by atoms with van der Waals surface area (Å²) < 4.78 is 68.2. The van der Waals surface area contributed by atoms with Crippen molar-refractivity contribution in [3.8, 4) is 0 Å². The third-order valence-electron chi connectivity index (χ3n) is 4.85. The van der Waals surface area contributed by atoms with Gasteiger partial charge in [0.15, 0.2) is 0 Å². The fourth-order valence-electron chi connectivity index (χ4n) is 2.89. The zero-order valence-corrected chi connectivity index (χ0v) is 22.1. The summed E-state index contributed by atoms with van der Waals surface area (Å²) in [6.07, 6.45) is -4.95. The lowest BCUT2D eigenvalue weighted by atomic mass is 10.1. The Morgan fingerprint density at radius 2 is 1.36 bits per heavy atom. The molecule has 2 rings (SSSR count). The van der Waals surface area contributed by atoms with Crippen LogP contribution in [0.5, 0.6) is 0 Å². The molecular weight excluding hydrogens is 580 g/mol. The number of hydrogen-bond donors (Lipinski definition) is 4. The monoisotopic (exact) mass is 609 g/mol. The summed E-state index contributed by atoms with van der Waals surface area (Å²) in [7, 11) is 1.41. The molecule has 0 aliphatic carbocycles. The van der Waals surface area contributed by atoms with Crippen LogP contribution < -0.4 is 16.6 Å². The van der Waals surface area contributed by atoms with E-state index in [1.807, 2.05) is 36.4 Å². The van der Waals surface area contributed by atoms with Gasteiger partial charge in [-0.3, -0.25) is 4.79 Å². The molecule has 0 unspecified atom stereocenters. The Hall–Kier alpha value is -4.83. The predicted octanol–water partition coefficient (Wildman–Crippen LogP) is 3.54. The van der Waals surface area contributed by atoms with Gasteiger partial charge in [-0.1, -0.05) is 36.4 Å². The Morgan fingerprint density at radius 1 is 0.857 bits per heavy atom. The highest BCUT2D eigenvalue weighted by Gasteiger charge is 2.38. The molecule has 11 nitrogen and oxygen atoms in total. The molecule has 0 heterocycles. The number of esters is 1. The lowest BCUT2D eigenvalue weighted by Crippen LogP contribution is -2.27. The lowest BCUT2D eigenvalue weighted by Gasteiger charge is -2.25. The van der Waals surface area contributed by atoms with Crippen LogP contribution in [-0.2, 0) is 25.5 Å². The fraction of sp³-hybridized carbons (Fsp3) is 0.320. The summed E-state index contributed by atoms with van der Waals surface area (Å²) in [5.74, 6) is 4.75. The number of methoxy groups -OCH3 is 1. The van der Waals surface area contributed by atoms with E-state index in [9.17, 15) is 31.1 Å². The summed E-state index contributed by atoms with van der Waals surface area (Å²) in [5, 5.41) is 21.4. The van der Waals surface area contributed by atoms with E-state index in [1.54, 1.807) is 12.4 Å². The van der Waals surface area contributed by atoms with Gasteiger partial charge < -0.3 is 31.5 Å². The highest BCUT2D eigenvalue weighted by Crippen LogP contribution is 2.18. The average Bonchev–Trinajstić information content (AvgIpc) is 2.91. The summed E-state index contributed by atoms with van der Waals surface area (Å²) in [4.78, 5) is 31.5. The number of anilines is 1. The smallest absolute Gasteiger partial charge is 0.475 e. The van der Waals surface area contributed by atoms with Crippen molar-refractivity contribution in [2.24, 2.45) is 21.9 Å². The maximum atomic E-state index is 11.4. The Balaban J connectivity index is 0.000000990. The molecule has 0 fully saturated rings. The summed E-state index contributed by atoms with van der Waals surface area (Å²) in [6.45, 7) is 1.56. The number of nitrogens with zero attached hydrogens (tertiary/aromatic N) is 3. The molecule has 0 radical (unpaired) electrons. The molecule has 0 saturated carbocycles. The van der Waals surface area contributed by atoms with Crippen molar-refractivity contribution >= 4 is 36.0 Å². The molecule has 0 saturated heterocycles. The number of ether oxygens (including phenoxy) is 1. The van der Waals surface area contributed by atoms with Crippen molar-refractivity contribution in [1.29, 1.82) is 0 Å². The molecule has 0 bridgehead atoms. The van der Waals surface area contributed by atoms with Gasteiger partial charge in [-0.05, 0) is 41.7 Å². The number of nitrogens with two attached hydrogens (primary N) is 2. The van der Waals surface area contributed by atoms with E-state index in [0.717, 1.165) is 36.3 Å². The van der Waals surface area contributed by atoms with Gasteiger partial charge in [0.05, 0.1) is 19.5 Å². The van der Waals surface area contributed by atoms with E-state index in [1.165, 1.54) is 12.7 Å². The minimum atomic E-state index is -5.08. The molecule has 0 spiro atoms. The van der Waals surface area contributed by atoms with Crippen molar-refractivity contribution in [3.05, 3.63) is 65.2 Å². The molecule has 6 N–H and O–H groups in total. The number of halogens is 6. The van der Waals surface area contributed by atoms with E-state index in [2.05, 4.69) is 27.2 Å². The SMILES string of the molecule is COC(=O)CCCN(CCc1ccc(C=NN)cc1)c1cccc(C=NN)c1.O=C(O)C(F)(F)F.O=C(O)C(F)(F)F. The van der Waals surface area contributed by atoms with Crippen LogP contribution in [0.2, 0.25) is 0 Å². The highest BCUT2D eigenvalue weighted by atomic mass is 19.4. The first-order valence-corrected chi connectivity index (χ1v) is 11.6. The van der Waals surface area contributed by atoms with Gasteiger partial charge in [0.1, 0.15) is 0 Å². The minimum absolute atomic E-state index is 0.193. The van der Waals surface area contributed by atoms with Gasteiger partial charge in [0, 0.05) is 25.2 Å². The van der Waals surface area contributed by atoms with Crippen molar-refractivity contribution in [2.75, 3.05) is 25.1 Å². The Morgan fingerprint density at radius 3 is 1.81 bits per heavy atom. The number of hydrazone groups is 2. The van der Waals surface area contributed by atoms with Crippen molar-refractivity contribution < 1.29 is 55.7 Å². The van der Waals surface area contributed by atoms with E-state index >= 15 is 0 Å². The average molecular weight is 610 g/mol. The van der Waals surface area contributed by atoms with Gasteiger partial charge in [0.2, 0.25) is 0 Å². The van der Waals surface area contributed by atoms with Crippen molar-refractivity contribution in [2.45, 2.75) is 31.6 Å². The largest absolute Gasteiger partial charge is 0.490 e. The second kappa shape index (κ2) is 18.5. The third-order valence-corrected chi connectivity index (χ3v) is 4.85. The normalized spacial score (nSPS) is 11.2. The molecular formula is C25H29F6N5O6. The Bertz CT molecular complexity index is 1160. The molecule has 0 aromatic heterocycles. The first-order chi connectivity index (χ1) is 19.5. The van der Waals surface area contributed by atoms with E-state index < -0.39 is 24.3 Å². The number of rotatable bonds is 10. The molecule has 0 amide bonds. The Kier molecular flexibility index (Phi) is 16.4. The van der Waals surface area contributed by atoms with Crippen LogP contribution in [0.1, 0.15) is 29.5 Å². The minimum Gasteiger partial charge on any atom is -0.475 e. The molecule has 232 valence electrons. The number of aliphatic carboxylic acids is 2. The zero-order valence-electron chi connectivity index (χ0n) is 22.1. The van der Waals surface area contributed by atoms with Gasteiger partial charge in [-0.15, -0.1) is 0 Å². The molecule has 2 aromatic rings. The number of hydrogen-bond acceptors (Lipinski definition) is 9. The predicted molar refractivity (Wildman–Crippen MR) is 141 cm³/mol. The number of carboxylic acids is 2. The summed E-state index contributed by atoms with van der Waals surface area (Å²) in [5.41, 5.74) is 4.18. The molecule has 17 heteroatoms. The van der Waals surface area contributed by atoms with Crippen LogP contribution in [-0.4, -0.2) is 73.1 Å². The first-order valence-electron chi connectivity index (χ1n) is 11.6. The van der Waals surface area contributed by atoms with Crippen LogP contribution in [0.3, 0.4) is 0 Å². The maximum Gasteiger partial charge on any atom is 0.490 e. The van der Waals surface area contributed by atoms with Crippen LogP contribution in [0.4, 0.5) is 32.0 Å². The van der Waals surface area contributed by atoms with Crippen LogP contribution in [0, 0.1) is 0 Å². The number of carboxylic acid groups (broad SMARTS) is 2. The van der Waals surface area contributed by atoms with Crippen molar-refractivity contribution in [1.82, 2.24) is 0 Å². The standard InChI is InChI=1S/C21H27N5O2.2C2HF3O2/c1-28-21(27)6-3-12-26(20-5-2-4-19(14-20)16-25-23)13-11-17-7-9-18(10-8-17)15-24-22;2*3-2(4,5)1(6)7/h2,4-5,7-10,14-16H,3,6,11-13,22-23H2,1H3;2*(H,6,7). The third kappa shape index (κ3) is 16.3. The van der Waals surface area contributed by atoms with Crippen molar-refractivity contribution in [3.63, 3.8) is 0 Å². The number of alkyl halides is 6. The Labute approximate surface area is 236 Å². The number of benzene rings is 2. The van der Waals surface area contributed by atoms with E-state index in [0.29, 0.717) is 12.8 Å². The summed E-state index contributed by atoms with van der Waals surface area (Å²) >= 11 is 0. The second-order valence-electron chi connectivity index (χ2n) is 7.92. The molecule has 0 atom stereocenters.